The van der Waals surface area contributed by atoms with Gasteiger partial charge in [0.15, 0.2) is 50.3 Å². The molecule has 8 fully saturated rings. The maximum absolute atomic E-state index is 6.24. The Morgan fingerprint density at radius 2 is 0.338 bits per heavy atom. The quantitative estimate of drug-likeness (QED) is 0.0425. The van der Waals surface area contributed by atoms with E-state index in [2.05, 4.69) is 31.9 Å². The molecule has 0 aromatic heterocycles. The predicted molar refractivity (Wildman–Crippen MR) is 352 cm³/mol. The first-order valence-electron chi connectivity index (χ1n) is 27.8. The second kappa shape index (κ2) is 43.4. The Hall–Kier alpha value is 4.52. The van der Waals surface area contributed by atoms with E-state index >= 15 is 0 Å². The van der Waals surface area contributed by atoms with E-state index in [0.29, 0.717) is 63.5 Å². The number of hydrogen-bond acceptors (Lipinski definition) is 28. The lowest BCUT2D eigenvalue weighted by Crippen LogP contribution is -2.54. The SMILES string of the molecule is BrC[C@@H]1OC[C@@H]2O[C@H](CSCCSCCSCCSC[C@@H]3OC[C@@H]4O[C@H](CSCCSCCSCCSC[C@@H]5OC[C@@H]6O[C@H](CSCCSCCSCCSC[C@@H]7OC[C@@H]8O[C@H](CBr)OC[C@@H]8O7)OC[C@@H]6O5)OC[C@@H]4O3)OC[C@@H]2O1. The summed E-state index contributed by atoms with van der Waals surface area (Å²) in [5.41, 5.74) is 0. The van der Waals surface area contributed by atoms with E-state index in [9.17, 15) is 0 Å². The number of ether oxygens (including phenoxy) is 16. The zero-order valence-electron chi connectivity index (χ0n) is 45.5. The zero-order valence-corrected chi connectivity index (χ0v) is 58.4. The van der Waals surface area contributed by atoms with Gasteiger partial charge in [-0.15, -0.1) is 0 Å². The van der Waals surface area contributed by atoms with Crippen molar-refractivity contribution in [3.63, 3.8) is 0 Å². The summed E-state index contributed by atoms with van der Waals surface area (Å²) in [6.07, 6.45) is -1.93. The summed E-state index contributed by atoms with van der Waals surface area (Å²) < 4.78 is 96.0. The van der Waals surface area contributed by atoms with Crippen molar-refractivity contribution >= 4 is 173 Å². The second-order valence-electron chi connectivity index (χ2n) is 18.9. The Morgan fingerprint density at radius 1 is 0.200 bits per heavy atom. The first-order chi connectivity index (χ1) is 39.6. The highest BCUT2D eigenvalue weighted by Crippen LogP contribution is 2.31. The molecule has 8 rings (SSSR count). The highest BCUT2D eigenvalue weighted by atomic mass is 79.9. The Balaban J connectivity index is 0.506. The highest BCUT2D eigenvalue weighted by molar-refractivity contribution is 9.09. The average Bonchev–Trinajstić information content (AvgIpc) is 3.58. The number of fused-ring (bicyclic) bond motifs is 4. The summed E-state index contributed by atoms with van der Waals surface area (Å²) in [5, 5.41) is 1.32. The standard InChI is InChI=1S/C50H84Br2O16S12/c51-19-43-53-21-37-35(61-43)23-55-45(63-37)29-75-13-7-69-1-3-71-9-15-77-31-47-57-25-41-39(65-47)27-59-49(67-41)33-79-17-11-73-5-6-74-12-18-80-34-50-60-28-40-42(68-50)26-58-48(66-40)32-78-16-10-72-4-2-70-8-14-76-30-46-56-24-36-38(64-46)22-54-44(20-52)62-36/h35-50H,1-34H2/t35-,36-,37-,38-,39-,40-,41-,42-,43+,44+,45+,46+,47+,48+,49+,50+/m0/s1. The van der Waals surface area contributed by atoms with Crippen molar-refractivity contribution < 1.29 is 75.8 Å². The van der Waals surface area contributed by atoms with E-state index < -0.39 is 0 Å². The van der Waals surface area contributed by atoms with Crippen molar-refractivity contribution in [2.75, 3.05) is 202 Å². The average molecular weight is 1490 g/mol. The molecule has 0 amide bonds. The summed E-state index contributed by atoms with van der Waals surface area (Å²) in [5.74, 6) is 25.5. The van der Waals surface area contributed by atoms with Crippen LogP contribution in [0.3, 0.4) is 0 Å². The number of rotatable bonds is 41. The van der Waals surface area contributed by atoms with Crippen molar-refractivity contribution in [1.29, 1.82) is 0 Å². The third kappa shape index (κ3) is 27.4. The summed E-state index contributed by atoms with van der Waals surface area (Å²) in [6, 6.07) is 0. The molecule has 0 bridgehead atoms. The van der Waals surface area contributed by atoms with E-state index in [4.69, 9.17) is 75.8 Å². The molecule has 30 heteroatoms. The fourth-order valence-electron chi connectivity index (χ4n) is 8.80. The van der Waals surface area contributed by atoms with Gasteiger partial charge in [0.2, 0.25) is 0 Å². The molecule has 8 heterocycles. The largest absolute Gasteiger partial charge is 0.349 e. The first-order valence-corrected chi connectivity index (χ1v) is 43.9. The maximum Gasteiger partial charge on any atom is 0.167 e. The highest BCUT2D eigenvalue weighted by Gasteiger charge is 2.42. The molecule has 0 radical (unpaired) electrons. The first kappa shape index (κ1) is 70.4. The minimum absolute atomic E-state index is 0.0343. The molecule has 0 spiro atoms. The minimum atomic E-state index is -0.213. The van der Waals surface area contributed by atoms with Crippen LogP contribution in [-0.2, 0) is 75.8 Å². The van der Waals surface area contributed by atoms with Crippen LogP contribution in [0.4, 0.5) is 0 Å². The van der Waals surface area contributed by atoms with Crippen LogP contribution in [0.1, 0.15) is 0 Å². The van der Waals surface area contributed by atoms with Gasteiger partial charge in [-0.1, -0.05) is 31.9 Å². The van der Waals surface area contributed by atoms with Gasteiger partial charge in [-0.3, -0.25) is 0 Å². The summed E-state index contributed by atoms with van der Waals surface area (Å²) in [6.45, 7) is 4.55. The lowest BCUT2D eigenvalue weighted by atomic mass is 10.2. The van der Waals surface area contributed by atoms with E-state index in [-0.39, 0.29) is 99.2 Å². The van der Waals surface area contributed by atoms with Gasteiger partial charge in [0.05, 0.1) is 63.5 Å². The van der Waals surface area contributed by atoms with Crippen molar-refractivity contribution in [1.82, 2.24) is 0 Å². The van der Waals surface area contributed by atoms with E-state index in [1.54, 1.807) is 0 Å². The van der Waals surface area contributed by atoms with Gasteiger partial charge in [0.1, 0.15) is 48.8 Å². The van der Waals surface area contributed by atoms with Crippen LogP contribution in [-0.4, -0.2) is 301 Å². The van der Waals surface area contributed by atoms with Crippen LogP contribution in [0, 0.1) is 0 Å². The minimum Gasteiger partial charge on any atom is -0.349 e. The van der Waals surface area contributed by atoms with Gasteiger partial charge in [0.25, 0.3) is 0 Å². The van der Waals surface area contributed by atoms with Crippen LogP contribution < -0.4 is 0 Å². The molecule has 0 saturated carbocycles. The van der Waals surface area contributed by atoms with Gasteiger partial charge in [0, 0.05) is 138 Å². The molecule has 8 saturated heterocycles. The van der Waals surface area contributed by atoms with Gasteiger partial charge in [-0.05, 0) is 0 Å². The number of halogens is 2. The van der Waals surface area contributed by atoms with Crippen molar-refractivity contribution in [3.8, 4) is 0 Å². The Bertz CT molecular complexity index is 1500. The molecular weight excluding hydrogens is 1400 g/mol. The van der Waals surface area contributed by atoms with Crippen molar-refractivity contribution in [2.45, 2.75) is 99.2 Å². The molecule has 0 unspecified atom stereocenters. The van der Waals surface area contributed by atoms with Gasteiger partial charge >= 0.3 is 0 Å². The molecule has 0 aromatic rings. The van der Waals surface area contributed by atoms with E-state index in [0.717, 1.165) is 104 Å². The molecule has 466 valence electrons. The third-order valence-corrected chi connectivity index (χ3v) is 28.3. The van der Waals surface area contributed by atoms with E-state index in [1.165, 1.54) is 34.5 Å². The maximum atomic E-state index is 6.24. The summed E-state index contributed by atoms with van der Waals surface area (Å²) >= 11 is 30.4. The number of alkyl halides is 2. The summed E-state index contributed by atoms with van der Waals surface area (Å²) in [7, 11) is 0. The lowest BCUT2D eigenvalue weighted by molar-refractivity contribution is -0.326. The van der Waals surface area contributed by atoms with Gasteiger partial charge in [-0.25, -0.2) is 0 Å². The molecule has 0 aliphatic carbocycles. The molecule has 0 aromatic carbocycles. The number of thioether (sulfide) groups is 12. The third-order valence-electron chi connectivity index (χ3n) is 13.0. The van der Waals surface area contributed by atoms with Crippen LogP contribution in [0.5, 0.6) is 0 Å². The normalized spacial score (nSPS) is 34.6. The predicted octanol–water partition coefficient (Wildman–Crippen LogP) is 8.51. The second-order valence-corrected chi connectivity index (χ2v) is 34.5. The Kier molecular flexibility index (Phi) is 38.2. The molecule has 0 N–H and O–H groups in total. The fourth-order valence-corrected chi connectivity index (χ4v) is 22.4. The van der Waals surface area contributed by atoms with Crippen molar-refractivity contribution in [2.24, 2.45) is 0 Å². The topological polar surface area (TPSA) is 148 Å². The zero-order chi connectivity index (χ0) is 55.1. The molecule has 8 aliphatic heterocycles. The summed E-state index contributed by atoms with van der Waals surface area (Å²) in [4.78, 5) is 0. The van der Waals surface area contributed by atoms with Crippen LogP contribution in [0.15, 0.2) is 0 Å². The van der Waals surface area contributed by atoms with Crippen molar-refractivity contribution in [3.05, 3.63) is 0 Å². The van der Waals surface area contributed by atoms with E-state index in [1.807, 2.05) is 141 Å². The van der Waals surface area contributed by atoms with Crippen LogP contribution in [0.25, 0.3) is 0 Å². The molecule has 80 heavy (non-hydrogen) atoms. The molecule has 8 aliphatic rings. The molecular formula is C50H84Br2O16S12. The molecule has 16 nitrogen and oxygen atoms in total. The smallest absolute Gasteiger partial charge is 0.167 e. The van der Waals surface area contributed by atoms with Crippen LogP contribution >= 0.6 is 173 Å². The molecule has 16 atom stereocenters. The fraction of sp³-hybridized carbons (Fsp3) is 1.00. The number of hydrogen-bond donors (Lipinski definition) is 0. The lowest BCUT2D eigenvalue weighted by Gasteiger charge is -2.41. The monoisotopic (exact) mass is 1480 g/mol. The van der Waals surface area contributed by atoms with Crippen LogP contribution in [0.2, 0.25) is 0 Å². The van der Waals surface area contributed by atoms with Gasteiger partial charge < -0.3 is 75.8 Å². The Labute approximate surface area is 544 Å². The Morgan fingerprint density at radius 3 is 0.500 bits per heavy atom. The van der Waals surface area contributed by atoms with Gasteiger partial charge in [-0.2, -0.15) is 141 Å².